The summed E-state index contributed by atoms with van der Waals surface area (Å²) in [5.74, 6) is -1.59. The summed E-state index contributed by atoms with van der Waals surface area (Å²) in [5.41, 5.74) is 0. The van der Waals surface area contributed by atoms with Crippen molar-refractivity contribution in [1.82, 2.24) is 0 Å². The molecule has 0 amide bonds. The van der Waals surface area contributed by atoms with E-state index in [0.29, 0.717) is 0 Å². The molecule has 0 aromatic carbocycles. The predicted octanol–water partition coefficient (Wildman–Crippen LogP) is 0.575. The molecular formula is C5H6Cl2O3. The van der Waals surface area contributed by atoms with E-state index >= 15 is 0 Å². The molecule has 0 aliphatic carbocycles. The van der Waals surface area contributed by atoms with E-state index in [1.165, 1.54) is 0 Å². The molecule has 0 spiro atoms. The molecule has 0 bridgehead atoms. The molecule has 0 aromatic heterocycles. The number of hydrogen-bond donors (Lipinski definition) is 0. The number of ketones is 1. The quantitative estimate of drug-likeness (QED) is 0.366. The van der Waals surface area contributed by atoms with Crippen LogP contribution in [0.2, 0.25) is 0 Å². The Morgan fingerprint density at radius 2 is 2.10 bits per heavy atom. The summed E-state index contributed by atoms with van der Waals surface area (Å²) in [7, 11) is 1.15. The number of hydrogen-bond acceptors (Lipinski definition) is 3. The third-order valence-electron chi connectivity index (χ3n) is 0.823. The van der Waals surface area contributed by atoms with Crippen molar-refractivity contribution < 1.29 is 14.3 Å². The molecule has 0 aliphatic heterocycles. The zero-order valence-corrected chi connectivity index (χ0v) is 6.78. The standard InChI is InChI=1S/C5H6Cl2O3/c1-10-5(9)4(7)3(8)2-6/h4H,2H2,1H3. The molecule has 0 N–H and O–H groups in total. The fourth-order valence-corrected chi connectivity index (χ4v) is 0.702. The summed E-state index contributed by atoms with van der Waals surface area (Å²) in [6.45, 7) is 0. The van der Waals surface area contributed by atoms with Gasteiger partial charge in [0.2, 0.25) is 0 Å². The van der Waals surface area contributed by atoms with Crippen molar-refractivity contribution in [2.24, 2.45) is 0 Å². The van der Waals surface area contributed by atoms with Gasteiger partial charge in [-0.25, -0.2) is 4.79 Å². The molecule has 1 atom stereocenters. The maximum Gasteiger partial charge on any atom is 0.331 e. The van der Waals surface area contributed by atoms with Gasteiger partial charge in [0.15, 0.2) is 11.2 Å². The number of rotatable bonds is 3. The zero-order chi connectivity index (χ0) is 8.15. The van der Waals surface area contributed by atoms with Crippen LogP contribution in [-0.2, 0) is 14.3 Å². The molecule has 10 heavy (non-hydrogen) atoms. The number of esters is 1. The highest BCUT2D eigenvalue weighted by Gasteiger charge is 2.23. The molecule has 5 heteroatoms. The summed E-state index contributed by atoms with van der Waals surface area (Å²) in [6, 6.07) is 0. The van der Waals surface area contributed by atoms with Crippen LogP contribution < -0.4 is 0 Å². The minimum absolute atomic E-state index is 0.275. The first kappa shape index (κ1) is 9.72. The smallest absolute Gasteiger partial charge is 0.331 e. The average molecular weight is 185 g/mol. The number of ether oxygens (including phenoxy) is 1. The van der Waals surface area contributed by atoms with Crippen LogP contribution in [0.3, 0.4) is 0 Å². The first-order valence-corrected chi connectivity index (χ1v) is 3.41. The lowest BCUT2D eigenvalue weighted by Crippen LogP contribution is -2.26. The third kappa shape index (κ3) is 2.54. The van der Waals surface area contributed by atoms with E-state index in [9.17, 15) is 9.59 Å². The van der Waals surface area contributed by atoms with E-state index in [4.69, 9.17) is 23.2 Å². The third-order valence-corrected chi connectivity index (χ3v) is 1.51. The van der Waals surface area contributed by atoms with E-state index < -0.39 is 17.1 Å². The Morgan fingerprint density at radius 3 is 2.40 bits per heavy atom. The first-order valence-electron chi connectivity index (χ1n) is 2.44. The number of halogens is 2. The molecule has 0 radical (unpaired) electrons. The van der Waals surface area contributed by atoms with Crippen LogP contribution >= 0.6 is 23.2 Å². The molecule has 58 valence electrons. The van der Waals surface area contributed by atoms with E-state index in [-0.39, 0.29) is 5.88 Å². The van der Waals surface area contributed by atoms with Crippen molar-refractivity contribution >= 4 is 35.0 Å². The van der Waals surface area contributed by atoms with E-state index in [1.54, 1.807) is 0 Å². The van der Waals surface area contributed by atoms with Crippen LogP contribution in [-0.4, -0.2) is 30.1 Å². The maximum atomic E-state index is 10.5. The van der Waals surface area contributed by atoms with Crippen molar-refractivity contribution in [3.63, 3.8) is 0 Å². The van der Waals surface area contributed by atoms with Gasteiger partial charge in [0.25, 0.3) is 0 Å². The van der Waals surface area contributed by atoms with Crippen LogP contribution in [0, 0.1) is 0 Å². The van der Waals surface area contributed by atoms with Gasteiger partial charge in [-0.3, -0.25) is 4.79 Å². The minimum atomic E-state index is -1.26. The summed E-state index contributed by atoms with van der Waals surface area (Å²) in [5, 5.41) is -1.26. The van der Waals surface area contributed by atoms with Gasteiger partial charge >= 0.3 is 5.97 Å². The number of alkyl halides is 2. The van der Waals surface area contributed by atoms with Crippen molar-refractivity contribution in [2.45, 2.75) is 5.38 Å². The molecule has 0 heterocycles. The number of carbonyl (C=O) groups is 2. The Hall–Kier alpha value is -0.280. The van der Waals surface area contributed by atoms with Gasteiger partial charge < -0.3 is 4.74 Å². The van der Waals surface area contributed by atoms with Gasteiger partial charge in [0.05, 0.1) is 13.0 Å². The highest BCUT2D eigenvalue weighted by Crippen LogP contribution is 2.00. The molecule has 3 nitrogen and oxygen atoms in total. The molecule has 0 aromatic rings. The predicted molar refractivity (Wildman–Crippen MR) is 37.4 cm³/mol. The van der Waals surface area contributed by atoms with Gasteiger partial charge in [-0.05, 0) is 0 Å². The molecular weight excluding hydrogens is 179 g/mol. The van der Waals surface area contributed by atoms with E-state index in [2.05, 4.69) is 4.74 Å². The lowest BCUT2D eigenvalue weighted by Gasteiger charge is -2.01. The molecule has 0 rings (SSSR count). The molecule has 0 fully saturated rings. The van der Waals surface area contributed by atoms with Crippen molar-refractivity contribution in [3.8, 4) is 0 Å². The lowest BCUT2D eigenvalue weighted by molar-refractivity contribution is -0.142. The Kier molecular flexibility index (Phi) is 4.40. The average Bonchev–Trinajstić information content (AvgIpc) is 2.00. The van der Waals surface area contributed by atoms with E-state index in [1.807, 2.05) is 0 Å². The van der Waals surface area contributed by atoms with Crippen LogP contribution in [0.25, 0.3) is 0 Å². The van der Waals surface area contributed by atoms with Gasteiger partial charge in [0, 0.05) is 0 Å². The molecule has 0 saturated heterocycles. The van der Waals surface area contributed by atoms with Gasteiger partial charge in [-0.2, -0.15) is 0 Å². The maximum absolute atomic E-state index is 10.5. The topological polar surface area (TPSA) is 43.4 Å². The van der Waals surface area contributed by atoms with Crippen molar-refractivity contribution in [1.29, 1.82) is 0 Å². The van der Waals surface area contributed by atoms with Crippen LogP contribution in [0.5, 0.6) is 0 Å². The molecule has 0 aliphatic rings. The minimum Gasteiger partial charge on any atom is -0.468 e. The Morgan fingerprint density at radius 1 is 1.60 bits per heavy atom. The Bertz CT molecular complexity index is 130. The Labute approximate surface area is 68.2 Å². The summed E-state index contributed by atoms with van der Waals surface area (Å²) >= 11 is 10.4. The van der Waals surface area contributed by atoms with Crippen molar-refractivity contribution in [3.05, 3.63) is 0 Å². The number of methoxy groups -OCH3 is 1. The highest BCUT2D eigenvalue weighted by atomic mass is 35.5. The Balaban J connectivity index is 3.94. The van der Waals surface area contributed by atoms with Gasteiger partial charge in [-0.1, -0.05) is 0 Å². The lowest BCUT2D eigenvalue weighted by atomic mass is 10.3. The van der Waals surface area contributed by atoms with Crippen molar-refractivity contribution in [2.75, 3.05) is 13.0 Å². The summed E-state index contributed by atoms with van der Waals surface area (Å²) < 4.78 is 4.18. The largest absolute Gasteiger partial charge is 0.468 e. The number of carbonyl (C=O) groups excluding carboxylic acids is 2. The second-order valence-corrected chi connectivity index (χ2v) is 2.19. The summed E-state index contributed by atoms with van der Waals surface area (Å²) in [4.78, 5) is 21.0. The van der Waals surface area contributed by atoms with Crippen LogP contribution in [0.1, 0.15) is 0 Å². The monoisotopic (exact) mass is 184 g/mol. The van der Waals surface area contributed by atoms with E-state index in [0.717, 1.165) is 7.11 Å². The van der Waals surface area contributed by atoms with Crippen LogP contribution in [0.15, 0.2) is 0 Å². The zero-order valence-electron chi connectivity index (χ0n) is 5.27. The molecule has 1 unspecified atom stereocenters. The first-order chi connectivity index (χ1) is 4.63. The number of Topliss-reactive ketones (excluding diaryl/α,β-unsaturated/α-hetero) is 1. The normalized spacial score (nSPS) is 12.3. The SMILES string of the molecule is COC(=O)C(Cl)C(=O)CCl. The molecule has 0 saturated carbocycles. The second-order valence-electron chi connectivity index (χ2n) is 1.49. The van der Waals surface area contributed by atoms with Gasteiger partial charge in [0.1, 0.15) is 0 Å². The second kappa shape index (κ2) is 4.52. The fraction of sp³-hybridized carbons (Fsp3) is 0.600. The summed E-state index contributed by atoms with van der Waals surface area (Å²) in [6.07, 6.45) is 0. The fourth-order valence-electron chi connectivity index (χ4n) is 0.303. The van der Waals surface area contributed by atoms with Gasteiger partial charge in [-0.15, -0.1) is 23.2 Å². The highest BCUT2D eigenvalue weighted by molar-refractivity contribution is 6.45. The van der Waals surface area contributed by atoms with Crippen LogP contribution in [0.4, 0.5) is 0 Å².